The van der Waals surface area contributed by atoms with Gasteiger partial charge in [-0.3, -0.25) is 4.79 Å². The molecule has 6 nitrogen and oxygen atoms in total. The number of esters is 1. The number of benzene rings is 1. The van der Waals surface area contributed by atoms with Crippen LogP contribution in [0.1, 0.15) is 36.7 Å². The van der Waals surface area contributed by atoms with E-state index in [0.29, 0.717) is 21.5 Å². The summed E-state index contributed by atoms with van der Waals surface area (Å²) in [7, 11) is 5.53. The molecule has 1 amide bonds. The fraction of sp³-hybridized carbons (Fsp3) is 0.556. The van der Waals surface area contributed by atoms with E-state index in [1.165, 1.54) is 7.11 Å². The summed E-state index contributed by atoms with van der Waals surface area (Å²) in [5.74, 6) is -0.0707. The van der Waals surface area contributed by atoms with Crippen LogP contribution in [0, 0.1) is 6.92 Å². The van der Waals surface area contributed by atoms with Crippen LogP contribution in [0.4, 0.5) is 5.69 Å². The number of rotatable bonds is 7. The molecule has 0 aromatic heterocycles. The van der Waals surface area contributed by atoms with Gasteiger partial charge in [-0.25, -0.2) is 4.79 Å². The summed E-state index contributed by atoms with van der Waals surface area (Å²) in [5, 5.41) is 2.90. The van der Waals surface area contributed by atoms with Crippen LogP contribution < -0.4 is 10.1 Å². The van der Waals surface area contributed by atoms with Crippen molar-refractivity contribution < 1.29 is 23.5 Å². The Morgan fingerprint density at radius 2 is 1.88 bits per heavy atom. The van der Waals surface area contributed by atoms with Crippen LogP contribution >= 0.6 is 0 Å². The summed E-state index contributed by atoms with van der Waals surface area (Å²) in [6.07, 6.45) is 0. The second kappa shape index (κ2) is 8.15. The first-order chi connectivity index (χ1) is 11.2. The molecule has 0 spiro atoms. The van der Waals surface area contributed by atoms with Crippen molar-refractivity contribution in [3.05, 3.63) is 23.3 Å². The number of hydrogen-bond acceptors (Lipinski definition) is 4. The van der Waals surface area contributed by atoms with Crippen LogP contribution in [-0.4, -0.2) is 56.8 Å². The minimum Gasteiger partial charge on any atom is -0.497 e. The molecule has 0 bridgehead atoms. The molecule has 1 aromatic rings. The van der Waals surface area contributed by atoms with Crippen molar-refractivity contribution in [2.24, 2.45) is 0 Å². The Kier molecular flexibility index (Phi) is 6.78. The third-order valence-corrected chi connectivity index (χ3v) is 4.53. The maximum absolute atomic E-state index is 12.6. The minimum absolute atomic E-state index is 0.138. The fourth-order valence-electron chi connectivity index (χ4n) is 2.23. The SMILES string of the molecule is CCOC(=O)c1cc(OC)cc(C)c1NC(=O)C(C)[N+](C)(C)CC. The van der Waals surface area contributed by atoms with Crippen LogP contribution in [0.2, 0.25) is 0 Å². The Labute approximate surface area is 144 Å². The highest BCUT2D eigenvalue weighted by molar-refractivity contribution is 6.03. The lowest BCUT2D eigenvalue weighted by molar-refractivity contribution is -0.902. The highest BCUT2D eigenvalue weighted by atomic mass is 16.5. The second-order valence-corrected chi connectivity index (χ2v) is 6.35. The molecule has 1 rings (SSSR count). The maximum atomic E-state index is 12.6. The van der Waals surface area contributed by atoms with Gasteiger partial charge in [0.2, 0.25) is 0 Å². The largest absolute Gasteiger partial charge is 0.497 e. The number of likely N-dealkylation sites (N-methyl/N-ethyl adjacent to an activating group) is 1. The van der Waals surface area contributed by atoms with E-state index in [9.17, 15) is 9.59 Å². The van der Waals surface area contributed by atoms with E-state index in [1.54, 1.807) is 19.1 Å². The van der Waals surface area contributed by atoms with E-state index in [2.05, 4.69) is 5.32 Å². The summed E-state index contributed by atoms with van der Waals surface area (Å²) in [6, 6.07) is 3.11. The Bertz CT molecular complexity index is 611. The van der Waals surface area contributed by atoms with Gasteiger partial charge >= 0.3 is 5.97 Å². The van der Waals surface area contributed by atoms with Crippen LogP contribution in [0.3, 0.4) is 0 Å². The lowest BCUT2D eigenvalue weighted by Crippen LogP contribution is -2.52. The smallest absolute Gasteiger partial charge is 0.340 e. The Morgan fingerprint density at radius 3 is 2.38 bits per heavy atom. The van der Waals surface area contributed by atoms with E-state index < -0.39 is 5.97 Å². The van der Waals surface area contributed by atoms with Crippen molar-refractivity contribution in [1.82, 2.24) is 0 Å². The molecule has 0 radical (unpaired) electrons. The van der Waals surface area contributed by atoms with Crippen LogP contribution in [0.5, 0.6) is 5.75 Å². The predicted molar refractivity (Wildman–Crippen MR) is 94.4 cm³/mol. The van der Waals surface area contributed by atoms with Crippen LogP contribution in [-0.2, 0) is 9.53 Å². The van der Waals surface area contributed by atoms with Crippen molar-refractivity contribution >= 4 is 17.6 Å². The first kappa shape index (κ1) is 20.0. The molecule has 0 saturated heterocycles. The number of carbonyl (C=O) groups is 2. The number of carbonyl (C=O) groups excluding carboxylic acids is 2. The number of ether oxygens (including phenoxy) is 2. The fourth-order valence-corrected chi connectivity index (χ4v) is 2.23. The van der Waals surface area contributed by atoms with E-state index in [-0.39, 0.29) is 18.6 Å². The summed E-state index contributed by atoms with van der Waals surface area (Å²) in [4.78, 5) is 24.9. The summed E-state index contributed by atoms with van der Waals surface area (Å²) in [5.41, 5.74) is 1.53. The topological polar surface area (TPSA) is 64.6 Å². The molecule has 0 saturated carbocycles. The Hall–Kier alpha value is -2.08. The van der Waals surface area contributed by atoms with Gasteiger partial charge < -0.3 is 19.3 Å². The molecular formula is C18H29N2O4+. The van der Waals surface area contributed by atoms with Gasteiger partial charge in [-0.05, 0) is 45.4 Å². The number of amides is 1. The zero-order chi connectivity index (χ0) is 18.5. The summed E-state index contributed by atoms with van der Waals surface area (Å²) >= 11 is 0. The second-order valence-electron chi connectivity index (χ2n) is 6.35. The van der Waals surface area contributed by atoms with Crippen molar-refractivity contribution in [2.75, 3.05) is 39.7 Å². The molecule has 134 valence electrons. The maximum Gasteiger partial charge on any atom is 0.340 e. The average Bonchev–Trinajstić information content (AvgIpc) is 2.55. The summed E-state index contributed by atoms with van der Waals surface area (Å²) in [6.45, 7) is 8.56. The zero-order valence-electron chi connectivity index (χ0n) is 15.7. The van der Waals surface area contributed by atoms with E-state index in [1.807, 2.05) is 34.9 Å². The molecular weight excluding hydrogens is 308 g/mol. The third kappa shape index (κ3) is 4.47. The quantitative estimate of drug-likeness (QED) is 0.613. The first-order valence-electron chi connectivity index (χ1n) is 8.17. The van der Waals surface area contributed by atoms with E-state index >= 15 is 0 Å². The molecule has 0 aliphatic carbocycles. The number of aryl methyl sites for hydroxylation is 1. The van der Waals surface area contributed by atoms with Gasteiger partial charge in [-0.1, -0.05) is 0 Å². The number of anilines is 1. The molecule has 24 heavy (non-hydrogen) atoms. The number of nitrogens with zero attached hydrogens (tertiary/aromatic N) is 1. The number of nitrogens with one attached hydrogen (secondary N) is 1. The minimum atomic E-state index is -0.480. The van der Waals surface area contributed by atoms with Crippen LogP contribution in [0.15, 0.2) is 12.1 Å². The average molecular weight is 337 g/mol. The van der Waals surface area contributed by atoms with Crippen molar-refractivity contribution in [1.29, 1.82) is 0 Å². The normalized spacial score (nSPS) is 12.5. The molecule has 1 unspecified atom stereocenters. The molecule has 6 heteroatoms. The molecule has 0 fully saturated rings. The van der Waals surface area contributed by atoms with Gasteiger partial charge in [0.05, 0.1) is 45.6 Å². The van der Waals surface area contributed by atoms with Crippen molar-refractivity contribution in [3.8, 4) is 5.75 Å². The van der Waals surface area contributed by atoms with Gasteiger partial charge in [-0.2, -0.15) is 0 Å². The highest BCUT2D eigenvalue weighted by Gasteiger charge is 2.30. The standard InChI is InChI=1S/C18H28N2O4/c1-8-20(5,6)13(4)17(21)19-16-12(3)10-14(23-7)11-15(16)18(22)24-9-2/h10-11,13H,8-9H2,1-7H3/p+1. The molecule has 0 aliphatic rings. The van der Waals surface area contributed by atoms with Crippen molar-refractivity contribution in [2.45, 2.75) is 33.7 Å². The van der Waals surface area contributed by atoms with E-state index in [4.69, 9.17) is 9.47 Å². The molecule has 1 N–H and O–H groups in total. The van der Waals surface area contributed by atoms with Gasteiger partial charge in [0.25, 0.3) is 5.91 Å². The lowest BCUT2D eigenvalue weighted by Gasteiger charge is -2.34. The molecule has 0 aliphatic heterocycles. The zero-order valence-corrected chi connectivity index (χ0v) is 15.7. The monoisotopic (exact) mass is 337 g/mol. The Morgan fingerprint density at radius 1 is 1.25 bits per heavy atom. The molecule has 1 aromatic carbocycles. The molecule has 1 atom stereocenters. The van der Waals surface area contributed by atoms with Gasteiger partial charge in [0.15, 0.2) is 6.04 Å². The third-order valence-electron chi connectivity index (χ3n) is 4.53. The number of quaternary nitrogens is 1. The number of methoxy groups -OCH3 is 1. The van der Waals surface area contributed by atoms with Crippen LogP contribution in [0.25, 0.3) is 0 Å². The molecule has 0 heterocycles. The predicted octanol–water partition coefficient (Wildman–Crippen LogP) is 2.60. The van der Waals surface area contributed by atoms with Gasteiger partial charge in [-0.15, -0.1) is 0 Å². The van der Waals surface area contributed by atoms with Gasteiger partial charge in [0, 0.05) is 0 Å². The van der Waals surface area contributed by atoms with Gasteiger partial charge in [0.1, 0.15) is 5.75 Å². The Balaban J connectivity index is 3.23. The first-order valence-corrected chi connectivity index (χ1v) is 8.17. The number of hydrogen-bond donors (Lipinski definition) is 1. The summed E-state index contributed by atoms with van der Waals surface area (Å²) < 4.78 is 10.9. The highest BCUT2D eigenvalue weighted by Crippen LogP contribution is 2.28. The van der Waals surface area contributed by atoms with Crippen molar-refractivity contribution in [3.63, 3.8) is 0 Å². The lowest BCUT2D eigenvalue weighted by atomic mass is 10.1. The van der Waals surface area contributed by atoms with E-state index in [0.717, 1.165) is 12.1 Å².